The molecule has 7 atom stereocenters. The van der Waals surface area contributed by atoms with Gasteiger partial charge in [0.25, 0.3) is 0 Å². The van der Waals surface area contributed by atoms with Gasteiger partial charge in [-0.15, -0.1) is 0 Å². The second-order valence-electron chi connectivity index (χ2n) is 14.4. The lowest BCUT2D eigenvalue weighted by Gasteiger charge is -2.23. The molecule has 2 heterocycles. The largest absolute Gasteiger partial charge is 0.491 e. The van der Waals surface area contributed by atoms with Gasteiger partial charge in [-0.1, -0.05) is 48.5 Å². The zero-order valence-electron chi connectivity index (χ0n) is 32.7. The Kier molecular flexibility index (Phi) is 15.2. The van der Waals surface area contributed by atoms with Crippen LogP contribution in [0.15, 0.2) is 97.1 Å². The quantitative estimate of drug-likeness (QED) is 0.0492. The van der Waals surface area contributed by atoms with Gasteiger partial charge in [0.2, 0.25) is 0 Å². The van der Waals surface area contributed by atoms with E-state index in [0.29, 0.717) is 33.0 Å². The van der Waals surface area contributed by atoms with E-state index in [2.05, 4.69) is 48.5 Å². The first kappa shape index (κ1) is 40.5. The highest BCUT2D eigenvalue weighted by atomic mass is 16.7. The van der Waals surface area contributed by atoms with Gasteiger partial charge >= 0.3 is 0 Å². The zero-order chi connectivity index (χ0) is 38.4. The number of ether oxygens (including phenoxy) is 10. The average Bonchev–Trinajstić information content (AvgIpc) is 4.13. The molecule has 10 heteroatoms. The highest BCUT2D eigenvalue weighted by molar-refractivity contribution is 5.35. The summed E-state index contributed by atoms with van der Waals surface area (Å²) in [7, 11) is 0. The number of hydrogen-bond acceptors (Lipinski definition) is 10. The van der Waals surface area contributed by atoms with Crippen molar-refractivity contribution in [2.45, 2.75) is 90.6 Å². The van der Waals surface area contributed by atoms with Gasteiger partial charge in [-0.25, -0.2) is 0 Å². The van der Waals surface area contributed by atoms with Crippen molar-refractivity contribution >= 4 is 0 Å². The molecule has 4 aromatic rings. The van der Waals surface area contributed by atoms with E-state index in [0.717, 1.165) is 49.1 Å². The summed E-state index contributed by atoms with van der Waals surface area (Å²) in [6, 6.07) is 32.6. The third-order valence-corrected chi connectivity index (χ3v) is 9.01. The highest BCUT2D eigenvalue weighted by Crippen LogP contribution is 2.22. The van der Waals surface area contributed by atoms with E-state index in [1.807, 2.05) is 83.1 Å². The van der Waals surface area contributed by atoms with Crippen molar-refractivity contribution in [1.82, 2.24) is 0 Å². The van der Waals surface area contributed by atoms with Gasteiger partial charge in [-0.05, 0) is 118 Å². The summed E-state index contributed by atoms with van der Waals surface area (Å²) >= 11 is 0. The molecule has 0 aliphatic carbocycles. The maximum Gasteiger partial charge on any atom is 0.197 e. The fourth-order valence-electron chi connectivity index (χ4n) is 5.74. The fourth-order valence-corrected chi connectivity index (χ4v) is 5.74. The van der Waals surface area contributed by atoms with Crippen LogP contribution in [0.2, 0.25) is 0 Å². The SMILES string of the molecule is CC(COC(C)COC(C)Oc1ccc(Cc2ccc(OCC3CO3)cc2)cc1)OCC(C)OC(C)Oc1ccc(Cc2ccc(OCC3CO3)cc2)cc1. The Morgan fingerprint density at radius 3 is 1.20 bits per heavy atom. The van der Waals surface area contributed by atoms with Crippen molar-refractivity contribution in [2.75, 3.05) is 46.2 Å². The van der Waals surface area contributed by atoms with Crippen molar-refractivity contribution < 1.29 is 47.4 Å². The number of benzene rings is 4. The lowest BCUT2D eigenvalue weighted by atomic mass is 10.0. The summed E-state index contributed by atoms with van der Waals surface area (Å²) in [6.07, 6.45) is 0.919. The monoisotopic (exact) mass is 756 g/mol. The molecule has 0 radical (unpaired) electrons. The molecule has 0 saturated carbocycles. The molecule has 55 heavy (non-hydrogen) atoms. The molecular formula is C45H56O10. The second-order valence-corrected chi connectivity index (χ2v) is 14.4. The van der Waals surface area contributed by atoms with Crippen LogP contribution in [-0.4, -0.2) is 89.3 Å². The van der Waals surface area contributed by atoms with Crippen molar-refractivity contribution in [3.63, 3.8) is 0 Å². The van der Waals surface area contributed by atoms with Gasteiger partial charge in [0.15, 0.2) is 12.6 Å². The molecule has 6 rings (SSSR count). The average molecular weight is 757 g/mol. The molecule has 0 N–H and O–H groups in total. The van der Waals surface area contributed by atoms with E-state index in [4.69, 9.17) is 47.4 Å². The van der Waals surface area contributed by atoms with Crippen molar-refractivity contribution in [1.29, 1.82) is 0 Å². The number of rotatable bonds is 25. The third-order valence-electron chi connectivity index (χ3n) is 9.01. The summed E-state index contributed by atoms with van der Waals surface area (Å²) < 4.78 is 57.8. The Balaban J connectivity index is 0.795. The first-order valence-corrected chi connectivity index (χ1v) is 19.4. The Labute approximate surface area is 325 Å². The van der Waals surface area contributed by atoms with E-state index in [-0.39, 0.29) is 30.5 Å². The van der Waals surface area contributed by atoms with Gasteiger partial charge < -0.3 is 47.4 Å². The number of hydrogen-bond donors (Lipinski definition) is 0. The topological polar surface area (TPSA) is 98.9 Å². The zero-order valence-corrected chi connectivity index (χ0v) is 32.7. The van der Waals surface area contributed by atoms with E-state index < -0.39 is 12.6 Å². The summed E-state index contributed by atoms with van der Waals surface area (Å²) in [5, 5.41) is 0. The van der Waals surface area contributed by atoms with Crippen molar-refractivity contribution in [2.24, 2.45) is 0 Å². The fraction of sp³-hybridized carbons (Fsp3) is 0.467. The summed E-state index contributed by atoms with van der Waals surface area (Å²) in [4.78, 5) is 0. The Hall–Kier alpha value is -4.16. The molecule has 10 nitrogen and oxygen atoms in total. The molecule has 0 amide bonds. The predicted molar refractivity (Wildman–Crippen MR) is 209 cm³/mol. The van der Waals surface area contributed by atoms with Crippen molar-refractivity contribution in [3.8, 4) is 23.0 Å². The highest BCUT2D eigenvalue weighted by Gasteiger charge is 2.23. The minimum atomic E-state index is -0.430. The minimum absolute atomic E-state index is 0.112. The molecule has 0 spiro atoms. The molecule has 296 valence electrons. The Bertz CT molecular complexity index is 1670. The molecular weight excluding hydrogens is 700 g/mol. The standard InChI is InChI=1S/C45H56O10/c1-31(47-26-33(3)53-35(5)55-43-20-12-39(13-21-43)23-37-8-16-41(17-9-37)50-28-45-30-52-45)24-46-32(2)25-48-34(4)54-42-18-10-38(11-19-42)22-36-6-14-40(15-7-36)49-27-44-29-51-44/h6-21,31-35,44-45H,22-30H2,1-5H3. The van der Waals surface area contributed by atoms with Crippen LogP contribution in [0.5, 0.6) is 23.0 Å². The number of epoxide rings is 2. The van der Waals surface area contributed by atoms with E-state index in [9.17, 15) is 0 Å². The van der Waals surface area contributed by atoms with Crippen molar-refractivity contribution in [3.05, 3.63) is 119 Å². The summed E-state index contributed by atoms with van der Waals surface area (Å²) in [6.45, 7) is 13.8. The van der Waals surface area contributed by atoms with Crippen LogP contribution in [0.1, 0.15) is 56.9 Å². The van der Waals surface area contributed by atoms with Gasteiger partial charge in [-0.2, -0.15) is 0 Å². The lowest BCUT2D eigenvalue weighted by molar-refractivity contribution is -0.140. The van der Waals surface area contributed by atoms with Gasteiger partial charge in [0.1, 0.15) is 48.4 Å². The van der Waals surface area contributed by atoms with E-state index in [1.165, 1.54) is 22.3 Å². The predicted octanol–water partition coefficient (Wildman–Crippen LogP) is 7.81. The maximum absolute atomic E-state index is 6.02. The van der Waals surface area contributed by atoms with Crippen LogP contribution in [0.25, 0.3) is 0 Å². The van der Waals surface area contributed by atoms with Crippen LogP contribution in [0.4, 0.5) is 0 Å². The van der Waals surface area contributed by atoms with Crippen LogP contribution in [0, 0.1) is 0 Å². The van der Waals surface area contributed by atoms with Gasteiger partial charge in [0, 0.05) is 0 Å². The summed E-state index contributed by atoms with van der Waals surface area (Å²) in [5.74, 6) is 3.25. The third kappa shape index (κ3) is 15.1. The molecule has 2 saturated heterocycles. The molecule has 2 fully saturated rings. The summed E-state index contributed by atoms with van der Waals surface area (Å²) in [5.41, 5.74) is 4.83. The van der Waals surface area contributed by atoms with Gasteiger partial charge in [0.05, 0.1) is 51.3 Å². The molecule has 2 aliphatic heterocycles. The molecule has 7 unspecified atom stereocenters. The lowest BCUT2D eigenvalue weighted by Crippen LogP contribution is -2.30. The van der Waals surface area contributed by atoms with E-state index in [1.54, 1.807) is 0 Å². The Morgan fingerprint density at radius 1 is 0.455 bits per heavy atom. The second kappa shape index (κ2) is 20.7. The minimum Gasteiger partial charge on any atom is -0.491 e. The maximum atomic E-state index is 6.02. The molecule has 0 bridgehead atoms. The van der Waals surface area contributed by atoms with Crippen LogP contribution < -0.4 is 18.9 Å². The van der Waals surface area contributed by atoms with Gasteiger partial charge in [-0.3, -0.25) is 0 Å². The Morgan fingerprint density at radius 2 is 0.800 bits per heavy atom. The first-order valence-electron chi connectivity index (χ1n) is 19.4. The smallest absolute Gasteiger partial charge is 0.197 e. The first-order chi connectivity index (χ1) is 26.7. The normalized spacial score (nSPS) is 18.8. The van der Waals surface area contributed by atoms with Crippen LogP contribution >= 0.6 is 0 Å². The molecule has 2 aliphatic rings. The van der Waals surface area contributed by atoms with E-state index >= 15 is 0 Å². The molecule has 0 aromatic heterocycles. The van der Waals surface area contributed by atoms with Crippen LogP contribution in [-0.2, 0) is 41.3 Å². The molecule has 4 aromatic carbocycles. The van der Waals surface area contributed by atoms with Crippen LogP contribution in [0.3, 0.4) is 0 Å².